The molecule has 0 saturated carbocycles. The van der Waals surface area contributed by atoms with Crippen molar-refractivity contribution in [1.29, 1.82) is 0 Å². The average Bonchev–Trinajstić information content (AvgIpc) is 3.32. The Kier molecular flexibility index (Phi) is 33.4. The lowest BCUT2D eigenvalue weighted by Crippen LogP contribution is -2.58. The van der Waals surface area contributed by atoms with Gasteiger partial charge in [0, 0.05) is 24.9 Å². The van der Waals surface area contributed by atoms with Gasteiger partial charge in [0.15, 0.2) is 0 Å². The molecule has 1 aliphatic heterocycles. The van der Waals surface area contributed by atoms with Crippen LogP contribution >= 0.6 is 0 Å². The van der Waals surface area contributed by atoms with Crippen molar-refractivity contribution in [3.63, 3.8) is 0 Å². The van der Waals surface area contributed by atoms with Gasteiger partial charge in [0.1, 0.15) is 19.8 Å². The molecule has 3 amide bonds. The minimum absolute atomic E-state index is 0.0575. The first-order valence-corrected chi connectivity index (χ1v) is 15.0. The number of aliphatic hydroxyl groups is 2. The Labute approximate surface area is 275 Å². The molecule has 0 atom stereocenters. The summed E-state index contributed by atoms with van der Waals surface area (Å²) in [5, 5.41) is 38.4. The average molecular weight is 686 g/mol. The summed E-state index contributed by atoms with van der Waals surface area (Å²) in [5.74, 6) is -4.86. The van der Waals surface area contributed by atoms with E-state index in [0.717, 1.165) is 6.54 Å². The highest BCUT2D eigenvalue weighted by molar-refractivity contribution is 6.01. The van der Waals surface area contributed by atoms with E-state index < -0.39 is 42.2 Å². The Morgan fingerprint density at radius 2 is 1.23 bits per heavy atom. The first-order valence-electron chi connectivity index (χ1n) is 15.0. The number of aliphatic hydroxyl groups excluding tert-OH is 2. The summed E-state index contributed by atoms with van der Waals surface area (Å²) >= 11 is 0. The maximum atomic E-state index is 11.2. The summed E-state index contributed by atoms with van der Waals surface area (Å²) in [4.78, 5) is 70.4. The molecule has 19 nitrogen and oxygen atoms in total. The summed E-state index contributed by atoms with van der Waals surface area (Å²) in [6.45, 7) is 12.2. The third-order valence-electron chi connectivity index (χ3n) is 5.19. The van der Waals surface area contributed by atoms with Gasteiger partial charge >= 0.3 is 5.97 Å². The lowest BCUT2D eigenvalue weighted by Gasteiger charge is -2.28. The third kappa shape index (κ3) is 32.4. The predicted octanol–water partition coefficient (Wildman–Crippen LogP) is -5.40. The number of amides is 3. The number of carboxylic acid groups (broad SMARTS) is 2. The standard InChI is InChI=1S/C10H15NO7.C8H15NO6.C8H19N.C2H5NO2/c12-3-4-16-5-6-17-7-10(15)18-11-8(13)1-2-9(11)14;10-1-2-14-3-4-15-6-7(11)9-5-8(12)13;1-6-9(7(2)3)8(4)5;3-1-2(4)5/h12H,1-7H2;10H,1-6H2,(H,9,11)(H,12,13);7-8H,6H2,1-5H3;1,3H2,(H,4,5)/p-1. The fourth-order valence-corrected chi connectivity index (χ4v) is 3.22. The predicted molar refractivity (Wildman–Crippen MR) is 158 cm³/mol. The van der Waals surface area contributed by atoms with Gasteiger partial charge in [-0.3, -0.25) is 19.3 Å². The maximum absolute atomic E-state index is 11.2. The van der Waals surface area contributed by atoms with Crippen molar-refractivity contribution in [3.8, 4) is 0 Å². The molecule has 1 saturated heterocycles. The van der Waals surface area contributed by atoms with E-state index in [4.69, 9.17) is 29.2 Å². The molecule has 1 fully saturated rings. The largest absolute Gasteiger partial charge is 0.548 e. The number of nitrogens with zero attached hydrogens (tertiary/aromatic N) is 2. The molecule has 0 aromatic carbocycles. The number of hydrogen-bond donors (Lipinski definition) is 4. The topological polar surface area (TPSA) is 281 Å². The quantitative estimate of drug-likeness (QED) is 0.0648. The molecule has 0 unspecified atom stereocenters. The van der Waals surface area contributed by atoms with Gasteiger partial charge in [0.05, 0.1) is 71.3 Å². The fraction of sp³-hybridized carbons (Fsp3) is 0.786. The van der Waals surface area contributed by atoms with Crippen LogP contribution in [0, 0.1) is 0 Å². The number of carbonyl (C=O) groups is 6. The van der Waals surface area contributed by atoms with Crippen LogP contribution in [0.3, 0.4) is 0 Å². The third-order valence-corrected chi connectivity index (χ3v) is 5.19. The number of ether oxygens (including phenoxy) is 4. The Morgan fingerprint density at radius 3 is 1.57 bits per heavy atom. The number of carbonyl (C=O) groups excluding carboxylic acids is 6. The number of carboxylic acids is 2. The summed E-state index contributed by atoms with van der Waals surface area (Å²) in [6.07, 6.45) is 0.115. The summed E-state index contributed by atoms with van der Waals surface area (Å²) in [6, 6.07) is 1.38. The molecule has 0 bridgehead atoms. The zero-order chi connectivity index (χ0) is 36.6. The summed E-state index contributed by atoms with van der Waals surface area (Å²) < 4.78 is 19.5. The molecular weight excluding hydrogens is 632 g/mol. The molecule has 1 aliphatic rings. The van der Waals surface area contributed by atoms with E-state index in [1.165, 1.54) is 0 Å². The summed E-state index contributed by atoms with van der Waals surface area (Å²) in [5.41, 5.74) is 3.02. The molecule has 19 heteroatoms. The van der Waals surface area contributed by atoms with Crippen LogP contribution in [-0.4, -0.2) is 154 Å². The van der Waals surface area contributed by atoms with Crippen LogP contribution < -0.4 is 21.3 Å². The van der Waals surface area contributed by atoms with Crippen molar-refractivity contribution in [2.75, 3.05) is 85.7 Å². The number of nitrogens with one attached hydrogen (secondary N) is 1. The normalized spacial score (nSPS) is 12.1. The first kappa shape index (κ1) is 48.1. The molecule has 0 spiro atoms. The molecule has 0 aromatic heterocycles. The highest BCUT2D eigenvalue weighted by Gasteiger charge is 2.32. The van der Waals surface area contributed by atoms with Gasteiger partial charge in [0.2, 0.25) is 5.91 Å². The molecule has 47 heavy (non-hydrogen) atoms. The van der Waals surface area contributed by atoms with Gasteiger partial charge in [-0.05, 0) is 34.2 Å². The van der Waals surface area contributed by atoms with Crippen LogP contribution in [0.25, 0.3) is 0 Å². The van der Waals surface area contributed by atoms with Crippen LogP contribution in [0.5, 0.6) is 0 Å². The Hall–Kier alpha value is -3.30. The second kappa shape index (κ2) is 32.6. The maximum Gasteiger partial charge on any atom is 0.358 e. The van der Waals surface area contributed by atoms with E-state index >= 15 is 0 Å². The van der Waals surface area contributed by atoms with Crippen LogP contribution in [0.1, 0.15) is 47.5 Å². The van der Waals surface area contributed by atoms with E-state index in [0.29, 0.717) is 17.1 Å². The van der Waals surface area contributed by atoms with Gasteiger partial charge in [-0.1, -0.05) is 6.92 Å². The van der Waals surface area contributed by atoms with Crippen LogP contribution in [0.4, 0.5) is 0 Å². The smallest absolute Gasteiger partial charge is 0.358 e. The van der Waals surface area contributed by atoms with Crippen LogP contribution in [0.15, 0.2) is 0 Å². The molecule has 0 aromatic rings. The molecule has 1 heterocycles. The van der Waals surface area contributed by atoms with Gasteiger partial charge in [-0.15, -0.1) is 5.06 Å². The second-order valence-electron chi connectivity index (χ2n) is 9.61. The molecular formula is C28H53N4O15-. The molecule has 6 N–H and O–H groups in total. The van der Waals surface area contributed by atoms with E-state index in [1.807, 2.05) is 0 Å². The number of imide groups is 1. The highest BCUT2D eigenvalue weighted by atomic mass is 16.7. The van der Waals surface area contributed by atoms with E-state index in [2.05, 4.69) is 55.4 Å². The highest BCUT2D eigenvalue weighted by Crippen LogP contribution is 2.11. The monoisotopic (exact) mass is 685 g/mol. The van der Waals surface area contributed by atoms with Crippen molar-refractivity contribution in [2.24, 2.45) is 0 Å². The van der Waals surface area contributed by atoms with Crippen molar-refractivity contribution in [2.45, 2.75) is 59.5 Å². The minimum atomic E-state index is -1.35. The summed E-state index contributed by atoms with van der Waals surface area (Å²) in [7, 11) is 0. The van der Waals surface area contributed by atoms with Crippen molar-refractivity contribution < 1.29 is 78.7 Å². The van der Waals surface area contributed by atoms with Crippen LogP contribution in [0.2, 0.25) is 0 Å². The number of quaternary nitrogens is 1. The fourth-order valence-electron chi connectivity index (χ4n) is 3.22. The zero-order valence-corrected chi connectivity index (χ0v) is 28.1. The van der Waals surface area contributed by atoms with Crippen molar-refractivity contribution in [1.82, 2.24) is 15.3 Å². The minimum Gasteiger partial charge on any atom is -0.548 e. The number of rotatable bonds is 21. The second-order valence-corrected chi connectivity index (χ2v) is 9.61. The van der Waals surface area contributed by atoms with Gasteiger partial charge in [-0.2, -0.15) is 0 Å². The molecule has 1 rings (SSSR count). The lowest BCUT2D eigenvalue weighted by atomic mass is 10.2. The Morgan fingerprint density at radius 1 is 0.809 bits per heavy atom. The first-order chi connectivity index (χ1) is 22.2. The Bertz CT molecular complexity index is 851. The SMILES string of the molecule is CCN(C(C)C)C(C)C.O=C(COCCOCCO)ON1C(=O)CCC1=O.O=C([O-])CNC(=O)COCCOCCO.[NH3+]CC(=O)[O-]. The van der Waals surface area contributed by atoms with Crippen molar-refractivity contribution >= 4 is 35.6 Å². The van der Waals surface area contributed by atoms with E-state index in [1.54, 1.807) is 0 Å². The molecule has 276 valence electrons. The van der Waals surface area contributed by atoms with Crippen molar-refractivity contribution in [3.05, 3.63) is 0 Å². The zero-order valence-electron chi connectivity index (χ0n) is 28.1. The number of aliphatic carboxylic acids is 2. The lowest BCUT2D eigenvalue weighted by molar-refractivity contribution is -0.396. The van der Waals surface area contributed by atoms with Gasteiger partial charge in [-0.25, -0.2) is 4.79 Å². The van der Waals surface area contributed by atoms with Gasteiger partial charge in [0.25, 0.3) is 11.8 Å². The van der Waals surface area contributed by atoms with E-state index in [9.17, 15) is 39.0 Å². The van der Waals surface area contributed by atoms with Crippen LogP contribution in [-0.2, 0) is 52.6 Å². The number of hydroxylamine groups is 2. The van der Waals surface area contributed by atoms with Gasteiger partial charge < -0.3 is 64.9 Å². The molecule has 0 aliphatic carbocycles. The molecule has 0 radical (unpaired) electrons. The Balaban J connectivity index is -0.000000600. The van der Waals surface area contributed by atoms with E-state index in [-0.39, 0.29) is 85.5 Å². The number of hydrogen-bond acceptors (Lipinski definition) is 16.